The second kappa shape index (κ2) is 16.1. The van der Waals surface area contributed by atoms with Crippen molar-refractivity contribution in [1.82, 2.24) is 10.6 Å². The van der Waals surface area contributed by atoms with Crippen LogP contribution in [0, 0.1) is 0 Å². The minimum Gasteiger partial charge on any atom is -0.457 e. The van der Waals surface area contributed by atoms with Crippen molar-refractivity contribution in [2.75, 3.05) is 5.75 Å². The van der Waals surface area contributed by atoms with Gasteiger partial charge in [0.1, 0.15) is 17.3 Å². The van der Waals surface area contributed by atoms with Crippen molar-refractivity contribution in [3.8, 4) is 22.6 Å². The summed E-state index contributed by atoms with van der Waals surface area (Å²) < 4.78 is 164. The molecule has 23 heteroatoms. The summed E-state index contributed by atoms with van der Waals surface area (Å²) in [4.78, 5) is 53.2. The predicted octanol–water partition coefficient (Wildman–Crippen LogP) is 10.1. The third kappa shape index (κ3) is 11.5. The number of aldehydes is 1. The Balaban J connectivity index is 0.000000212. The van der Waals surface area contributed by atoms with Crippen molar-refractivity contribution in [1.29, 1.82) is 0 Å². The zero-order chi connectivity index (χ0) is 41.1. The molecule has 0 spiro atoms. The summed E-state index contributed by atoms with van der Waals surface area (Å²) in [6.45, 7) is 0. The Morgan fingerprint density at radius 3 is 1.27 bits per heavy atom. The molecule has 0 unspecified atom stereocenters. The fraction of sp³-hybridized carbons (Fsp3) is 0.156. The van der Waals surface area contributed by atoms with Gasteiger partial charge in [0.15, 0.2) is 12.0 Å². The van der Waals surface area contributed by atoms with Gasteiger partial charge in [0.2, 0.25) is 5.91 Å². The number of halogens is 12. The normalized spacial score (nSPS) is 15.6. The Kier molecular flexibility index (Phi) is 12.4. The predicted molar refractivity (Wildman–Crippen MR) is 169 cm³/mol. The standard InChI is InChI=1S/C16H7F6NO3S.C13H6F6O2.C3H3NO2S/c17-15(18,19)8-3-7(4-9(5-8)16(20,21)22)11-2-1-10(26-11)6-12-13(24)23-14(25)27-12;14-12(15,16)8-3-7(4-9(5-8)13(17,18)19)11-2-1-10(6-20)21-11;5-2-1-7-3(6)4-2/h1-6H,(H,23,24,25);1-6H;1H2,(H,4,5,6). The molecule has 0 bridgehead atoms. The molecule has 9 nitrogen and oxygen atoms in total. The molecule has 4 heterocycles. The van der Waals surface area contributed by atoms with Gasteiger partial charge in [0.25, 0.3) is 16.4 Å². The molecule has 2 saturated heterocycles. The number of amides is 4. The van der Waals surface area contributed by atoms with Crippen molar-refractivity contribution >= 4 is 58.2 Å². The van der Waals surface area contributed by atoms with Crippen LogP contribution in [0.5, 0.6) is 0 Å². The van der Waals surface area contributed by atoms with Gasteiger partial charge in [-0.15, -0.1) is 0 Å². The van der Waals surface area contributed by atoms with Crippen molar-refractivity contribution in [3.63, 3.8) is 0 Å². The van der Waals surface area contributed by atoms with Gasteiger partial charge < -0.3 is 8.83 Å². The number of carbonyl (C=O) groups is 5. The minimum absolute atomic E-state index is 0.0108. The molecule has 6 rings (SSSR count). The SMILES string of the molecule is O=C1CSC(=O)N1.O=C1NC(=O)C(=Cc2ccc(-c3cc(C(F)(F)F)cc(C(F)(F)F)c3)o2)S1.O=Cc1ccc(-c2cc(C(F)(F)F)cc(C(F)(F)F)c2)o1. The van der Waals surface area contributed by atoms with Crippen LogP contribution in [0.4, 0.5) is 62.3 Å². The van der Waals surface area contributed by atoms with E-state index in [1.54, 1.807) is 0 Å². The van der Waals surface area contributed by atoms with Crippen molar-refractivity contribution < 1.29 is 85.5 Å². The smallest absolute Gasteiger partial charge is 0.416 e. The highest BCUT2D eigenvalue weighted by atomic mass is 32.2. The van der Waals surface area contributed by atoms with E-state index in [0.717, 1.165) is 30.0 Å². The molecule has 55 heavy (non-hydrogen) atoms. The van der Waals surface area contributed by atoms with E-state index in [1.165, 1.54) is 12.1 Å². The first-order chi connectivity index (χ1) is 25.3. The van der Waals surface area contributed by atoms with E-state index in [2.05, 4.69) is 5.32 Å². The summed E-state index contributed by atoms with van der Waals surface area (Å²) in [6, 6.07) is 6.86. The van der Waals surface area contributed by atoms with Gasteiger partial charge in [0, 0.05) is 17.2 Å². The second-order valence-electron chi connectivity index (χ2n) is 10.6. The summed E-state index contributed by atoms with van der Waals surface area (Å²) >= 11 is 1.59. The molecule has 0 saturated carbocycles. The summed E-state index contributed by atoms with van der Waals surface area (Å²) in [7, 11) is 0. The maximum atomic E-state index is 12.9. The molecule has 4 amide bonds. The number of thioether (sulfide) groups is 2. The van der Waals surface area contributed by atoms with Crippen LogP contribution in [-0.4, -0.2) is 34.3 Å². The highest BCUT2D eigenvalue weighted by molar-refractivity contribution is 8.18. The lowest BCUT2D eigenvalue weighted by Crippen LogP contribution is -2.18. The lowest BCUT2D eigenvalue weighted by molar-refractivity contribution is -0.144. The lowest BCUT2D eigenvalue weighted by Gasteiger charge is -2.13. The molecule has 2 aliphatic rings. The summed E-state index contributed by atoms with van der Waals surface area (Å²) in [6.07, 6.45) is -18.4. The van der Waals surface area contributed by atoms with E-state index >= 15 is 0 Å². The van der Waals surface area contributed by atoms with Crippen LogP contribution in [0.2, 0.25) is 0 Å². The number of hydrogen-bond acceptors (Lipinski definition) is 9. The van der Waals surface area contributed by atoms with Gasteiger partial charge in [-0.05, 0) is 72.4 Å². The fourth-order valence-electron chi connectivity index (χ4n) is 4.22. The summed E-state index contributed by atoms with van der Waals surface area (Å²) in [5.74, 6) is -1.30. The van der Waals surface area contributed by atoms with Crippen LogP contribution in [-0.2, 0) is 34.3 Å². The number of furan rings is 2. The average Bonchev–Trinajstić information content (AvgIpc) is 3.88. The van der Waals surface area contributed by atoms with E-state index in [1.807, 2.05) is 5.32 Å². The quantitative estimate of drug-likeness (QED) is 0.117. The van der Waals surface area contributed by atoms with Gasteiger partial charge in [-0.3, -0.25) is 34.6 Å². The Labute approximate surface area is 306 Å². The number of imide groups is 2. The highest BCUT2D eigenvalue weighted by Crippen LogP contribution is 2.41. The van der Waals surface area contributed by atoms with Crippen LogP contribution in [0.3, 0.4) is 0 Å². The minimum atomic E-state index is -4.98. The highest BCUT2D eigenvalue weighted by Gasteiger charge is 2.38. The first-order valence-corrected chi connectivity index (χ1v) is 16.1. The first-order valence-electron chi connectivity index (χ1n) is 14.3. The van der Waals surface area contributed by atoms with Crippen LogP contribution < -0.4 is 10.6 Å². The van der Waals surface area contributed by atoms with E-state index in [0.29, 0.717) is 48.1 Å². The van der Waals surface area contributed by atoms with Gasteiger partial charge in [-0.1, -0.05) is 11.8 Å². The summed E-state index contributed by atoms with van der Waals surface area (Å²) in [5, 5.41) is 3.26. The maximum Gasteiger partial charge on any atom is 0.416 e. The van der Waals surface area contributed by atoms with Crippen LogP contribution in [0.25, 0.3) is 28.7 Å². The molecule has 2 aromatic carbocycles. The third-order valence-electron chi connectivity index (χ3n) is 6.61. The van der Waals surface area contributed by atoms with Crippen molar-refractivity contribution in [2.24, 2.45) is 0 Å². The van der Waals surface area contributed by atoms with Gasteiger partial charge in [0.05, 0.1) is 32.9 Å². The molecule has 2 aromatic heterocycles. The Morgan fingerprint density at radius 2 is 0.982 bits per heavy atom. The molecular weight excluding hydrogens is 816 g/mol. The van der Waals surface area contributed by atoms with E-state index in [-0.39, 0.29) is 51.2 Å². The van der Waals surface area contributed by atoms with Crippen molar-refractivity contribution in [2.45, 2.75) is 24.7 Å². The Morgan fingerprint density at radius 1 is 0.564 bits per heavy atom. The number of rotatable bonds is 4. The monoisotopic (exact) mass is 832 g/mol. The number of carbonyl (C=O) groups excluding carboxylic acids is 5. The number of benzene rings is 2. The second-order valence-corrected chi connectivity index (χ2v) is 12.6. The summed E-state index contributed by atoms with van der Waals surface area (Å²) in [5.41, 5.74) is -6.68. The molecule has 0 aliphatic carbocycles. The lowest BCUT2D eigenvalue weighted by atomic mass is 10.0. The molecule has 0 radical (unpaired) electrons. The molecular formula is C32H16F12N2O7S2. The molecule has 4 aromatic rings. The maximum absolute atomic E-state index is 12.9. The topological polar surface area (TPSA) is 136 Å². The van der Waals surface area contributed by atoms with E-state index in [4.69, 9.17) is 8.83 Å². The van der Waals surface area contributed by atoms with Gasteiger partial charge >= 0.3 is 24.7 Å². The van der Waals surface area contributed by atoms with Crippen molar-refractivity contribution in [3.05, 3.63) is 99.3 Å². The number of alkyl halides is 12. The van der Waals surface area contributed by atoms with E-state index in [9.17, 15) is 76.7 Å². The molecule has 0 atom stereocenters. The first kappa shape index (κ1) is 42.3. The Bertz CT molecular complexity index is 2090. The number of hydrogen-bond donors (Lipinski definition) is 2. The van der Waals surface area contributed by atoms with Gasteiger partial charge in [-0.2, -0.15) is 52.7 Å². The number of nitrogens with one attached hydrogen (secondary N) is 2. The molecule has 2 N–H and O–H groups in total. The van der Waals surface area contributed by atoms with E-state index < -0.39 is 69.2 Å². The molecule has 2 fully saturated rings. The van der Waals surface area contributed by atoms with Crippen LogP contribution >= 0.6 is 23.5 Å². The fourth-order valence-corrected chi connectivity index (χ4v) is 5.40. The zero-order valence-electron chi connectivity index (χ0n) is 26.3. The largest absolute Gasteiger partial charge is 0.457 e. The zero-order valence-corrected chi connectivity index (χ0v) is 28.0. The Hall–Kier alpha value is -5.45. The van der Waals surface area contributed by atoms with Gasteiger partial charge in [-0.25, -0.2) is 0 Å². The van der Waals surface area contributed by atoms with Crippen LogP contribution in [0.1, 0.15) is 38.6 Å². The third-order valence-corrected chi connectivity index (χ3v) is 8.19. The molecule has 292 valence electrons. The molecule has 2 aliphatic heterocycles. The van der Waals surface area contributed by atoms with Crippen LogP contribution in [0.15, 0.2) is 74.4 Å². The average molecular weight is 833 g/mol.